The minimum atomic E-state index is -0.0388. The second-order valence-corrected chi connectivity index (χ2v) is 8.80. The van der Waals surface area contributed by atoms with Gasteiger partial charge in [-0.2, -0.15) is 0 Å². The molecule has 0 spiro atoms. The number of benzene rings is 1. The fourth-order valence-electron chi connectivity index (χ4n) is 4.53. The Hall–Kier alpha value is -3.39. The van der Waals surface area contributed by atoms with Gasteiger partial charge in [0, 0.05) is 37.0 Å². The minimum Gasteiger partial charge on any atom is -0.490 e. The Kier molecular flexibility index (Phi) is 5.54. The fourth-order valence-corrected chi connectivity index (χ4v) is 4.53. The Bertz CT molecular complexity index is 1370. The van der Waals surface area contributed by atoms with E-state index in [1.165, 1.54) is 0 Å². The molecule has 0 fully saturated rings. The number of aromatic nitrogens is 4. The summed E-state index contributed by atoms with van der Waals surface area (Å²) < 4.78 is 15.7. The first kappa shape index (κ1) is 21.5. The monoisotopic (exact) mass is 447 g/mol. The summed E-state index contributed by atoms with van der Waals surface area (Å²) in [5.41, 5.74) is 4.35. The molecule has 0 radical (unpaired) electrons. The largest absolute Gasteiger partial charge is 0.490 e. The van der Waals surface area contributed by atoms with Crippen molar-refractivity contribution in [3.8, 4) is 22.8 Å². The number of aryl methyl sites for hydroxylation is 1. The van der Waals surface area contributed by atoms with Gasteiger partial charge in [0.2, 0.25) is 5.88 Å². The van der Waals surface area contributed by atoms with Crippen molar-refractivity contribution in [1.82, 2.24) is 24.0 Å². The molecule has 1 atom stereocenters. The van der Waals surface area contributed by atoms with Crippen LogP contribution in [0.3, 0.4) is 0 Å². The van der Waals surface area contributed by atoms with Gasteiger partial charge in [0.25, 0.3) is 0 Å². The maximum Gasteiger partial charge on any atom is 0.329 e. The van der Waals surface area contributed by atoms with Gasteiger partial charge in [-0.1, -0.05) is 6.92 Å². The van der Waals surface area contributed by atoms with Crippen LogP contribution >= 0.6 is 0 Å². The molecule has 3 aromatic heterocycles. The van der Waals surface area contributed by atoms with Gasteiger partial charge in [0.15, 0.2) is 0 Å². The van der Waals surface area contributed by atoms with Crippen molar-refractivity contribution in [2.75, 3.05) is 33.9 Å². The van der Waals surface area contributed by atoms with Gasteiger partial charge >= 0.3 is 5.69 Å². The highest BCUT2D eigenvalue weighted by Gasteiger charge is 2.27. The number of nitrogens with zero attached hydrogens (tertiary/aromatic N) is 5. The zero-order valence-electron chi connectivity index (χ0n) is 19.5. The molecule has 1 aromatic carbocycles. The van der Waals surface area contributed by atoms with Crippen molar-refractivity contribution in [3.63, 3.8) is 0 Å². The van der Waals surface area contributed by atoms with E-state index in [1.54, 1.807) is 17.8 Å². The van der Waals surface area contributed by atoms with E-state index in [0.29, 0.717) is 19.1 Å². The zero-order chi connectivity index (χ0) is 23.1. The quantitative estimate of drug-likeness (QED) is 0.403. The topological polar surface area (TPSA) is 74.4 Å². The molecule has 0 amide bonds. The Balaban J connectivity index is 1.58. The van der Waals surface area contributed by atoms with E-state index in [2.05, 4.69) is 21.8 Å². The minimum absolute atomic E-state index is 0.0366. The highest BCUT2D eigenvalue weighted by Crippen LogP contribution is 2.42. The lowest BCUT2D eigenvalue weighted by Crippen LogP contribution is -2.28. The number of ether oxygens (including phenoxy) is 2. The first-order valence-electron chi connectivity index (χ1n) is 11.4. The van der Waals surface area contributed by atoms with E-state index in [0.717, 1.165) is 58.2 Å². The second-order valence-electron chi connectivity index (χ2n) is 8.80. The molecule has 4 aromatic rings. The molecule has 8 nitrogen and oxygen atoms in total. The molecular weight excluding hydrogens is 418 g/mol. The maximum absolute atomic E-state index is 13.1. The summed E-state index contributed by atoms with van der Waals surface area (Å²) in [4.78, 5) is 24.3. The molecule has 1 aliphatic heterocycles. The normalized spacial score (nSPS) is 15.4. The lowest BCUT2D eigenvalue weighted by atomic mass is 10.0. The van der Waals surface area contributed by atoms with Crippen molar-refractivity contribution in [1.29, 1.82) is 0 Å². The molecular formula is C25H29N5O3. The van der Waals surface area contributed by atoms with Crippen LogP contribution < -0.4 is 15.2 Å². The van der Waals surface area contributed by atoms with Crippen molar-refractivity contribution in [2.45, 2.75) is 25.8 Å². The van der Waals surface area contributed by atoms with Crippen LogP contribution in [0.5, 0.6) is 11.6 Å². The molecule has 0 N–H and O–H groups in total. The van der Waals surface area contributed by atoms with E-state index in [1.807, 2.05) is 49.1 Å². The summed E-state index contributed by atoms with van der Waals surface area (Å²) in [7, 11) is 5.90. The van der Waals surface area contributed by atoms with Crippen molar-refractivity contribution in [2.24, 2.45) is 7.05 Å². The molecule has 0 bridgehead atoms. The standard InChI is InChI=1S/C25H29N5O3/c1-5-17-15-33-24-18(16-7-10-21(27-13-16)32-12-6-11-28(2)3)8-9-19-22(24)23-20(14-26-19)29(4)25(31)30(17)23/h7-10,13-14,17H,5-6,11-12,15H2,1-4H3/t17-/m0/s1. The maximum atomic E-state index is 13.1. The molecule has 5 rings (SSSR count). The summed E-state index contributed by atoms with van der Waals surface area (Å²) in [6.07, 6.45) is 5.34. The van der Waals surface area contributed by atoms with Crippen LogP contribution in [0.15, 0.2) is 41.5 Å². The van der Waals surface area contributed by atoms with E-state index in [9.17, 15) is 4.79 Å². The van der Waals surface area contributed by atoms with E-state index in [-0.39, 0.29) is 11.7 Å². The highest BCUT2D eigenvalue weighted by molar-refractivity contribution is 6.09. The summed E-state index contributed by atoms with van der Waals surface area (Å²) in [5.74, 6) is 1.36. The third-order valence-corrected chi connectivity index (χ3v) is 6.34. The third-order valence-electron chi connectivity index (χ3n) is 6.34. The van der Waals surface area contributed by atoms with Gasteiger partial charge in [0.1, 0.15) is 12.4 Å². The van der Waals surface area contributed by atoms with E-state index in [4.69, 9.17) is 9.47 Å². The highest BCUT2D eigenvalue weighted by atomic mass is 16.5. The Labute approximate surface area is 192 Å². The SMILES string of the molecule is CC[C@H]1COc2c(-c3ccc(OCCCN(C)C)nc3)ccc3ncc4c(c23)n1c(=O)n4C. The molecule has 1 aliphatic rings. The molecule has 0 saturated heterocycles. The number of hydrogen-bond donors (Lipinski definition) is 0. The van der Waals surface area contributed by atoms with Crippen LogP contribution in [0, 0.1) is 0 Å². The van der Waals surface area contributed by atoms with Gasteiger partial charge in [-0.05, 0) is 45.1 Å². The predicted molar refractivity (Wildman–Crippen MR) is 129 cm³/mol. The van der Waals surface area contributed by atoms with E-state index >= 15 is 0 Å². The van der Waals surface area contributed by atoms with Gasteiger partial charge in [-0.25, -0.2) is 9.78 Å². The second kappa shape index (κ2) is 8.51. The molecule has 4 heterocycles. The third kappa shape index (κ3) is 3.64. The molecule has 33 heavy (non-hydrogen) atoms. The van der Waals surface area contributed by atoms with Crippen LogP contribution in [0.1, 0.15) is 25.8 Å². The summed E-state index contributed by atoms with van der Waals surface area (Å²) in [6, 6.07) is 7.86. The lowest BCUT2D eigenvalue weighted by molar-refractivity contribution is 0.252. The average Bonchev–Trinajstić information content (AvgIpc) is 2.96. The number of pyridine rings is 2. The molecule has 0 aliphatic carbocycles. The summed E-state index contributed by atoms with van der Waals surface area (Å²) >= 11 is 0. The summed E-state index contributed by atoms with van der Waals surface area (Å²) in [5, 5.41) is 0.877. The van der Waals surface area contributed by atoms with Crippen LogP contribution in [-0.4, -0.2) is 57.9 Å². The average molecular weight is 448 g/mol. The van der Waals surface area contributed by atoms with Crippen LogP contribution in [0.25, 0.3) is 33.1 Å². The van der Waals surface area contributed by atoms with Crippen LogP contribution in [0.4, 0.5) is 0 Å². The van der Waals surface area contributed by atoms with Gasteiger partial charge in [0.05, 0.1) is 40.8 Å². The number of rotatable bonds is 7. The number of hydrogen-bond acceptors (Lipinski definition) is 6. The summed E-state index contributed by atoms with van der Waals surface area (Å²) in [6.45, 7) is 4.11. The van der Waals surface area contributed by atoms with Gasteiger partial charge in [-0.15, -0.1) is 0 Å². The van der Waals surface area contributed by atoms with Crippen molar-refractivity contribution < 1.29 is 9.47 Å². The number of imidazole rings is 1. The smallest absolute Gasteiger partial charge is 0.329 e. The molecule has 172 valence electrons. The van der Waals surface area contributed by atoms with Crippen LogP contribution in [0.2, 0.25) is 0 Å². The van der Waals surface area contributed by atoms with Gasteiger partial charge in [-0.3, -0.25) is 14.1 Å². The Morgan fingerprint density at radius 1 is 1.18 bits per heavy atom. The Morgan fingerprint density at radius 2 is 2.03 bits per heavy atom. The first-order valence-corrected chi connectivity index (χ1v) is 11.4. The van der Waals surface area contributed by atoms with Crippen molar-refractivity contribution in [3.05, 3.63) is 47.1 Å². The predicted octanol–water partition coefficient (Wildman–Crippen LogP) is 3.62. The first-order chi connectivity index (χ1) is 16.0. The zero-order valence-corrected chi connectivity index (χ0v) is 19.5. The molecule has 0 unspecified atom stereocenters. The lowest BCUT2D eigenvalue weighted by Gasteiger charge is -2.16. The molecule has 0 saturated carbocycles. The van der Waals surface area contributed by atoms with Crippen molar-refractivity contribution >= 4 is 21.9 Å². The van der Waals surface area contributed by atoms with E-state index < -0.39 is 0 Å². The molecule has 8 heteroatoms. The van der Waals surface area contributed by atoms with Crippen LogP contribution in [-0.2, 0) is 7.05 Å². The van der Waals surface area contributed by atoms with Gasteiger partial charge < -0.3 is 14.4 Å². The fraction of sp³-hybridized carbons (Fsp3) is 0.400. The Morgan fingerprint density at radius 3 is 2.76 bits per heavy atom.